The summed E-state index contributed by atoms with van der Waals surface area (Å²) in [6.45, 7) is 0. The highest BCUT2D eigenvalue weighted by molar-refractivity contribution is 5.87. The summed E-state index contributed by atoms with van der Waals surface area (Å²) in [4.78, 5) is 11.0. The van der Waals surface area contributed by atoms with Crippen LogP contribution in [0.15, 0.2) is 78.9 Å². The Balaban J connectivity index is 1.67. The van der Waals surface area contributed by atoms with Crippen LogP contribution < -0.4 is 0 Å². The number of rotatable bonds is 5. The van der Waals surface area contributed by atoms with Crippen molar-refractivity contribution in [3.05, 3.63) is 95.6 Å². The minimum Gasteiger partial charge on any atom is -0.478 e. The molecule has 0 fully saturated rings. The monoisotopic (exact) mass is 302 g/mol. The molecule has 0 aliphatic heterocycles. The number of aryl methyl sites for hydroxylation is 2. The lowest BCUT2D eigenvalue weighted by Crippen LogP contribution is -1.98. The molecule has 114 valence electrons. The first-order valence-corrected chi connectivity index (χ1v) is 7.69. The Morgan fingerprint density at radius 1 is 0.696 bits per heavy atom. The van der Waals surface area contributed by atoms with Crippen LogP contribution in [0, 0.1) is 0 Å². The minimum absolute atomic E-state index is 0.349. The third-order valence-corrected chi connectivity index (χ3v) is 3.94. The minimum atomic E-state index is -0.876. The van der Waals surface area contributed by atoms with E-state index in [2.05, 4.69) is 36.4 Å². The van der Waals surface area contributed by atoms with Crippen molar-refractivity contribution < 1.29 is 9.90 Å². The molecule has 0 bridgehead atoms. The second-order valence-corrected chi connectivity index (χ2v) is 5.57. The van der Waals surface area contributed by atoms with Crippen LogP contribution in [0.3, 0.4) is 0 Å². The van der Waals surface area contributed by atoms with E-state index in [0.29, 0.717) is 5.56 Å². The van der Waals surface area contributed by atoms with E-state index in [1.54, 1.807) is 18.2 Å². The fourth-order valence-electron chi connectivity index (χ4n) is 2.64. The molecule has 0 aliphatic rings. The van der Waals surface area contributed by atoms with Crippen LogP contribution in [0.1, 0.15) is 21.5 Å². The van der Waals surface area contributed by atoms with Gasteiger partial charge in [0.15, 0.2) is 0 Å². The number of aromatic carboxylic acids is 1. The molecule has 0 saturated heterocycles. The smallest absolute Gasteiger partial charge is 0.335 e. The molecule has 0 spiro atoms. The van der Waals surface area contributed by atoms with Gasteiger partial charge in [-0.1, -0.05) is 66.7 Å². The lowest BCUT2D eigenvalue weighted by molar-refractivity contribution is 0.0697. The van der Waals surface area contributed by atoms with Gasteiger partial charge < -0.3 is 5.11 Å². The first-order chi connectivity index (χ1) is 11.2. The highest BCUT2D eigenvalue weighted by Gasteiger charge is 2.04. The molecular weight excluding hydrogens is 284 g/mol. The maximum Gasteiger partial charge on any atom is 0.335 e. The van der Waals surface area contributed by atoms with E-state index in [1.165, 1.54) is 16.7 Å². The van der Waals surface area contributed by atoms with Crippen LogP contribution in [0.2, 0.25) is 0 Å². The highest BCUT2D eigenvalue weighted by Crippen LogP contribution is 2.20. The summed E-state index contributed by atoms with van der Waals surface area (Å²) in [6, 6.07) is 26.0. The molecule has 23 heavy (non-hydrogen) atoms. The van der Waals surface area contributed by atoms with Crippen molar-refractivity contribution in [2.24, 2.45) is 0 Å². The summed E-state index contributed by atoms with van der Waals surface area (Å²) < 4.78 is 0. The van der Waals surface area contributed by atoms with Crippen LogP contribution in [-0.4, -0.2) is 11.1 Å². The van der Waals surface area contributed by atoms with Gasteiger partial charge in [-0.05, 0) is 47.2 Å². The van der Waals surface area contributed by atoms with Gasteiger partial charge in [-0.3, -0.25) is 0 Å². The number of carboxylic acids is 1. The van der Waals surface area contributed by atoms with Gasteiger partial charge in [0.05, 0.1) is 5.56 Å². The molecule has 0 amide bonds. The molecule has 0 heterocycles. The number of carboxylic acid groups (broad SMARTS) is 1. The average molecular weight is 302 g/mol. The van der Waals surface area contributed by atoms with Crippen molar-refractivity contribution in [2.75, 3.05) is 0 Å². The van der Waals surface area contributed by atoms with Gasteiger partial charge in [-0.25, -0.2) is 4.79 Å². The van der Waals surface area contributed by atoms with E-state index in [9.17, 15) is 4.79 Å². The number of carbonyl (C=O) groups is 1. The normalized spacial score (nSPS) is 10.4. The number of hydrogen-bond acceptors (Lipinski definition) is 1. The van der Waals surface area contributed by atoms with Gasteiger partial charge >= 0.3 is 5.97 Å². The van der Waals surface area contributed by atoms with Crippen molar-refractivity contribution in [3.63, 3.8) is 0 Å². The van der Waals surface area contributed by atoms with Crippen LogP contribution in [0.4, 0.5) is 0 Å². The largest absolute Gasteiger partial charge is 0.478 e. The van der Waals surface area contributed by atoms with E-state index in [4.69, 9.17) is 5.11 Å². The summed E-state index contributed by atoms with van der Waals surface area (Å²) >= 11 is 0. The standard InChI is InChI=1S/C21H18O2/c22-21(23)20-8-4-5-17(15-20)10-9-16-11-13-19(14-12-16)18-6-2-1-3-7-18/h1-8,11-15H,9-10H2,(H,22,23). The lowest BCUT2D eigenvalue weighted by atomic mass is 10.00. The molecule has 0 aromatic heterocycles. The zero-order chi connectivity index (χ0) is 16.1. The summed E-state index contributed by atoms with van der Waals surface area (Å²) in [5.74, 6) is -0.876. The molecule has 3 rings (SSSR count). The maximum atomic E-state index is 11.0. The molecule has 0 radical (unpaired) electrons. The maximum absolute atomic E-state index is 11.0. The molecule has 2 nitrogen and oxygen atoms in total. The zero-order valence-electron chi connectivity index (χ0n) is 12.8. The molecule has 0 saturated carbocycles. The van der Waals surface area contributed by atoms with Crippen molar-refractivity contribution >= 4 is 5.97 Å². The van der Waals surface area contributed by atoms with Gasteiger partial charge in [0, 0.05) is 0 Å². The van der Waals surface area contributed by atoms with E-state index < -0.39 is 5.97 Å². The van der Waals surface area contributed by atoms with E-state index in [-0.39, 0.29) is 0 Å². The number of hydrogen-bond donors (Lipinski definition) is 1. The van der Waals surface area contributed by atoms with Crippen LogP contribution in [-0.2, 0) is 12.8 Å². The van der Waals surface area contributed by atoms with Gasteiger partial charge in [0.1, 0.15) is 0 Å². The molecule has 1 N–H and O–H groups in total. The first-order valence-electron chi connectivity index (χ1n) is 7.69. The Labute approximate surface area is 136 Å². The Morgan fingerprint density at radius 2 is 1.35 bits per heavy atom. The van der Waals surface area contributed by atoms with Crippen LogP contribution >= 0.6 is 0 Å². The fourth-order valence-corrected chi connectivity index (χ4v) is 2.64. The average Bonchev–Trinajstić information content (AvgIpc) is 2.61. The summed E-state index contributed by atoms with van der Waals surface area (Å²) in [6.07, 6.45) is 1.74. The Kier molecular flexibility index (Phi) is 4.53. The third kappa shape index (κ3) is 3.86. The number of benzene rings is 3. The molecule has 0 unspecified atom stereocenters. The van der Waals surface area contributed by atoms with Crippen molar-refractivity contribution in [3.8, 4) is 11.1 Å². The fraction of sp³-hybridized carbons (Fsp3) is 0.0952. The predicted octanol–water partition coefficient (Wildman–Crippen LogP) is 4.84. The summed E-state index contributed by atoms with van der Waals surface area (Å²) in [5.41, 5.74) is 5.08. The molecule has 2 heteroatoms. The zero-order valence-corrected chi connectivity index (χ0v) is 12.8. The summed E-state index contributed by atoms with van der Waals surface area (Å²) in [7, 11) is 0. The quantitative estimate of drug-likeness (QED) is 0.732. The van der Waals surface area contributed by atoms with Crippen LogP contribution in [0.25, 0.3) is 11.1 Å². The van der Waals surface area contributed by atoms with Gasteiger partial charge in [-0.2, -0.15) is 0 Å². The van der Waals surface area contributed by atoms with Crippen molar-refractivity contribution in [1.29, 1.82) is 0 Å². The van der Waals surface area contributed by atoms with E-state index in [1.807, 2.05) is 24.3 Å². The molecule has 0 atom stereocenters. The van der Waals surface area contributed by atoms with Gasteiger partial charge in [0.2, 0.25) is 0 Å². The van der Waals surface area contributed by atoms with Crippen molar-refractivity contribution in [1.82, 2.24) is 0 Å². The highest BCUT2D eigenvalue weighted by atomic mass is 16.4. The Hall–Kier alpha value is -2.87. The lowest BCUT2D eigenvalue weighted by Gasteiger charge is -2.06. The SMILES string of the molecule is O=C(O)c1cccc(CCc2ccc(-c3ccccc3)cc2)c1. The molecule has 0 aliphatic carbocycles. The predicted molar refractivity (Wildman–Crippen MR) is 92.7 cm³/mol. The van der Waals surface area contributed by atoms with Gasteiger partial charge in [0.25, 0.3) is 0 Å². The molecule has 3 aromatic carbocycles. The van der Waals surface area contributed by atoms with Gasteiger partial charge in [-0.15, -0.1) is 0 Å². The molecular formula is C21H18O2. The second-order valence-electron chi connectivity index (χ2n) is 5.57. The Morgan fingerprint density at radius 3 is 2.04 bits per heavy atom. The van der Waals surface area contributed by atoms with Crippen LogP contribution in [0.5, 0.6) is 0 Å². The molecule has 3 aromatic rings. The summed E-state index contributed by atoms with van der Waals surface area (Å²) in [5, 5.41) is 9.03. The van der Waals surface area contributed by atoms with E-state index >= 15 is 0 Å². The third-order valence-electron chi connectivity index (χ3n) is 3.94. The first kappa shape index (κ1) is 15.0. The Bertz CT molecular complexity index is 790. The van der Waals surface area contributed by atoms with E-state index in [0.717, 1.165) is 18.4 Å². The van der Waals surface area contributed by atoms with Crippen molar-refractivity contribution in [2.45, 2.75) is 12.8 Å². The second kappa shape index (κ2) is 6.93. The topological polar surface area (TPSA) is 37.3 Å².